The van der Waals surface area contributed by atoms with Crippen molar-refractivity contribution in [3.63, 3.8) is 0 Å². The number of hydrogen-bond donors (Lipinski definition) is 1. The molecule has 1 N–H and O–H groups in total. The second kappa shape index (κ2) is 5.64. The van der Waals surface area contributed by atoms with Gasteiger partial charge in [-0.2, -0.15) is 0 Å². The van der Waals surface area contributed by atoms with E-state index in [0.717, 1.165) is 13.2 Å². The normalized spacial score (nSPS) is 23.9. The van der Waals surface area contributed by atoms with Gasteiger partial charge >= 0.3 is 0 Å². The summed E-state index contributed by atoms with van der Waals surface area (Å²) in [6, 6.07) is 4.23. The molecule has 84 valence electrons. The van der Waals surface area contributed by atoms with Crippen molar-refractivity contribution in [2.75, 3.05) is 19.7 Å². The fourth-order valence-electron chi connectivity index (χ4n) is 1.95. The van der Waals surface area contributed by atoms with Gasteiger partial charge in [-0.3, -0.25) is 0 Å². The smallest absolute Gasteiger partial charge is 0.0888 e. The lowest BCUT2D eigenvalue weighted by molar-refractivity contribution is 0.0355. The van der Waals surface area contributed by atoms with Crippen molar-refractivity contribution in [3.8, 4) is 0 Å². The molecule has 15 heavy (non-hydrogen) atoms. The molecule has 0 aliphatic carbocycles. The number of thiophene rings is 1. The second-order valence-corrected chi connectivity index (χ2v) is 5.18. The highest BCUT2D eigenvalue weighted by Gasteiger charge is 2.15. The Balaban J connectivity index is 1.73. The minimum atomic E-state index is 0.256. The van der Waals surface area contributed by atoms with E-state index in [0.29, 0.717) is 5.92 Å². The summed E-state index contributed by atoms with van der Waals surface area (Å²) in [7, 11) is 0. The molecule has 2 atom stereocenters. The van der Waals surface area contributed by atoms with Gasteiger partial charge in [0.15, 0.2) is 0 Å². The van der Waals surface area contributed by atoms with Gasteiger partial charge < -0.3 is 10.1 Å². The lowest BCUT2D eigenvalue weighted by atomic mass is 10.0. The topological polar surface area (TPSA) is 21.3 Å². The predicted molar refractivity (Wildman–Crippen MR) is 64.3 cm³/mol. The molecule has 0 radical (unpaired) electrons. The van der Waals surface area contributed by atoms with E-state index in [1.165, 1.54) is 24.3 Å². The molecule has 0 saturated carbocycles. The van der Waals surface area contributed by atoms with Crippen LogP contribution in [0.1, 0.15) is 30.7 Å². The van der Waals surface area contributed by atoms with Crippen LogP contribution in [-0.2, 0) is 4.74 Å². The summed E-state index contributed by atoms with van der Waals surface area (Å²) in [6.07, 6.45) is 2.86. The number of nitrogens with one attached hydrogen (secondary N) is 1. The van der Waals surface area contributed by atoms with Gasteiger partial charge in [-0.25, -0.2) is 0 Å². The van der Waals surface area contributed by atoms with E-state index in [9.17, 15) is 0 Å². The summed E-state index contributed by atoms with van der Waals surface area (Å²) in [6.45, 7) is 5.34. The van der Waals surface area contributed by atoms with Crippen LogP contribution in [0.15, 0.2) is 17.5 Å². The molecule has 0 bridgehead atoms. The third-order valence-electron chi connectivity index (χ3n) is 2.92. The average molecular weight is 225 g/mol. The molecule has 2 heterocycles. The highest BCUT2D eigenvalue weighted by molar-refractivity contribution is 7.10. The quantitative estimate of drug-likeness (QED) is 0.851. The minimum absolute atomic E-state index is 0.256. The Kier molecular flexibility index (Phi) is 4.18. The molecule has 0 unspecified atom stereocenters. The summed E-state index contributed by atoms with van der Waals surface area (Å²) < 4.78 is 5.90. The summed E-state index contributed by atoms with van der Waals surface area (Å²) in [5, 5.41) is 5.52. The molecule has 1 saturated heterocycles. The number of rotatable bonds is 4. The van der Waals surface area contributed by atoms with Crippen LogP contribution in [0.4, 0.5) is 0 Å². The monoisotopic (exact) mass is 225 g/mol. The predicted octanol–water partition coefficient (Wildman–Crippen LogP) is 2.83. The van der Waals surface area contributed by atoms with Crippen molar-refractivity contribution in [2.24, 2.45) is 5.92 Å². The molecule has 2 rings (SSSR count). The third kappa shape index (κ3) is 3.30. The Morgan fingerprint density at radius 2 is 2.60 bits per heavy atom. The summed E-state index contributed by atoms with van der Waals surface area (Å²) >= 11 is 1.78. The first-order valence-corrected chi connectivity index (χ1v) is 6.60. The lowest BCUT2D eigenvalue weighted by Crippen LogP contribution is -2.32. The molecule has 1 aromatic rings. The summed E-state index contributed by atoms with van der Waals surface area (Å²) in [4.78, 5) is 1.33. The van der Waals surface area contributed by atoms with Crippen LogP contribution in [0.3, 0.4) is 0 Å². The SMILES string of the molecule is C[C@@H](OC[C@@H]1CCCNC1)c1cccs1. The van der Waals surface area contributed by atoms with Crippen LogP contribution >= 0.6 is 11.3 Å². The molecule has 2 nitrogen and oxygen atoms in total. The first kappa shape index (κ1) is 11.1. The van der Waals surface area contributed by atoms with Crippen LogP contribution in [0.2, 0.25) is 0 Å². The Morgan fingerprint density at radius 3 is 3.27 bits per heavy atom. The molecule has 1 fully saturated rings. The molecule has 0 spiro atoms. The maximum atomic E-state index is 5.90. The van der Waals surface area contributed by atoms with Crippen molar-refractivity contribution >= 4 is 11.3 Å². The zero-order valence-corrected chi connectivity index (χ0v) is 10.1. The molecule has 1 aliphatic heterocycles. The van der Waals surface area contributed by atoms with E-state index < -0.39 is 0 Å². The van der Waals surface area contributed by atoms with E-state index in [1.54, 1.807) is 11.3 Å². The van der Waals surface area contributed by atoms with E-state index in [-0.39, 0.29) is 6.10 Å². The number of piperidine rings is 1. The van der Waals surface area contributed by atoms with E-state index in [4.69, 9.17) is 4.74 Å². The van der Waals surface area contributed by atoms with Gasteiger partial charge in [0.05, 0.1) is 12.7 Å². The molecule has 1 aromatic heterocycles. The Hall–Kier alpha value is -0.380. The molecule has 1 aliphatic rings. The minimum Gasteiger partial charge on any atom is -0.373 e. The zero-order valence-electron chi connectivity index (χ0n) is 9.24. The molecular weight excluding hydrogens is 206 g/mol. The number of ether oxygens (including phenoxy) is 1. The van der Waals surface area contributed by atoms with Crippen LogP contribution in [0, 0.1) is 5.92 Å². The Morgan fingerprint density at radius 1 is 1.67 bits per heavy atom. The number of hydrogen-bond acceptors (Lipinski definition) is 3. The van der Waals surface area contributed by atoms with Gasteiger partial charge in [0.1, 0.15) is 0 Å². The fraction of sp³-hybridized carbons (Fsp3) is 0.667. The van der Waals surface area contributed by atoms with Crippen LogP contribution in [-0.4, -0.2) is 19.7 Å². The molecule has 0 amide bonds. The second-order valence-electron chi connectivity index (χ2n) is 4.20. The van der Waals surface area contributed by atoms with Gasteiger partial charge in [0.25, 0.3) is 0 Å². The Bertz CT molecular complexity index is 267. The molecule has 3 heteroatoms. The highest BCUT2D eigenvalue weighted by atomic mass is 32.1. The maximum absolute atomic E-state index is 5.90. The van der Waals surface area contributed by atoms with Gasteiger partial charge in [-0.05, 0) is 43.7 Å². The molecule has 0 aromatic carbocycles. The summed E-state index contributed by atoms with van der Waals surface area (Å²) in [5.41, 5.74) is 0. The van der Waals surface area contributed by atoms with Gasteiger partial charge in [0, 0.05) is 11.4 Å². The lowest BCUT2D eigenvalue weighted by Gasteiger charge is -2.24. The third-order valence-corrected chi connectivity index (χ3v) is 3.96. The standard InChI is InChI=1S/C12H19NOS/c1-10(12-5-3-7-15-12)14-9-11-4-2-6-13-8-11/h3,5,7,10-11,13H,2,4,6,8-9H2,1H3/t10-,11-/m1/s1. The van der Waals surface area contributed by atoms with Gasteiger partial charge in [-0.1, -0.05) is 6.07 Å². The zero-order chi connectivity index (χ0) is 10.5. The summed E-state index contributed by atoms with van der Waals surface area (Å²) in [5.74, 6) is 0.709. The highest BCUT2D eigenvalue weighted by Crippen LogP contribution is 2.23. The van der Waals surface area contributed by atoms with Gasteiger partial charge in [-0.15, -0.1) is 11.3 Å². The van der Waals surface area contributed by atoms with Crippen molar-refractivity contribution < 1.29 is 4.74 Å². The van der Waals surface area contributed by atoms with Crippen LogP contribution in [0.5, 0.6) is 0 Å². The average Bonchev–Trinajstić information content (AvgIpc) is 2.81. The first-order chi connectivity index (χ1) is 7.36. The van der Waals surface area contributed by atoms with Crippen molar-refractivity contribution in [2.45, 2.75) is 25.9 Å². The van der Waals surface area contributed by atoms with Crippen molar-refractivity contribution in [1.29, 1.82) is 0 Å². The van der Waals surface area contributed by atoms with E-state index >= 15 is 0 Å². The van der Waals surface area contributed by atoms with E-state index in [1.807, 2.05) is 0 Å². The van der Waals surface area contributed by atoms with Crippen LogP contribution < -0.4 is 5.32 Å². The Labute approximate surface area is 95.6 Å². The molecular formula is C12H19NOS. The van der Waals surface area contributed by atoms with E-state index in [2.05, 4.69) is 29.8 Å². The maximum Gasteiger partial charge on any atom is 0.0888 e. The van der Waals surface area contributed by atoms with Crippen molar-refractivity contribution in [3.05, 3.63) is 22.4 Å². The largest absolute Gasteiger partial charge is 0.373 e. The first-order valence-electron chi connectivity index (χ1n) is 5.72. The van der Waals surface area contributed by atoms with Crippen LogP contribution in [0.25, 0.3) is 0 Å². The fourth-order valence-corrected chi connectivity index (χ4v) is 2.68. The van der Waals surface area contributed by atoms with Gasteiger partial charge in [0.2, 0.25) is 0 Å². The van der Waals surface area contributed by atoms with Crippen molar-refractivity contribution in [1.82, 2.24) is 5.32 Å².